The first-order valence-electron chi connectivity index (χ1n) is 6.93. The number of hydrogen-bond acceptors (Lipinski definition) is 6. The third kappa shape index (κ3) is 2.18. The van der Waals surface area contributed by atoms with Crippen LogP contribution in [0.15, 0.2) is 30.3 Å². The molecule has 3 rings (SSSR count). The summed E-state index contributed by atoms with van der Waals surface area (Å²) in [6.45, 7) is 0.240. The average molecular weight is 301 g/mol. The number of ether oxygens (including phenoxy) is 1. The second-order valence-electron chi connectivity index (χ2n) is 5.20. The molecule has 0 saturated heterocycles. The van der Waals surface area contributed by atoms with E-state index in [0.717, 1.165) is 0 Å². The Bertz CT molecular complexity index is 750. The van der Waals surface area contributed by atoms with E-state index in [1.807, 2.05) is 0 Å². The molecule has 4 N–H and O–H groups in total. The fourth-order valence-electron chi connectivity index (χ4n) is 2.76. The van der Waals surface area contributed by atoms with Crippen LogP contribution < -0.4 is 5.73 Å². The normalized spacial score (nSPS) is 16.5. The number of aliphatic hydroxyl groups excluding tert-OH is 2. The van der Waals surface area contributed by atoms with E-state index in [0.29, 0.717) is 16.3 Å². The van der Waals surface area contributed by atoms with Gasteiger partial charge < -0.3 is 20.7 Å². The fraction of sp³-hybridized carbons (Fsp3) is 0.250. The van der Waals surface area contributed by atoms with E-state index in [4.69, 9.17) is 5.73 Å². The molecular weight excluding hydrogens is 286 g/mol. The van der Waals surface area contributed by atoms with Gasteiger partial charge in [0.2, 0.25) is 0 Å². The summed E-state index contributed by atoms with van der Waals surface area (Å²) in [6.07, 6.45) is -1.93. The molecule has 0 saturated carbocycles. The van der Waals surface area contributed by atoms with Crippen LogP contribution in [-0.4, -0.2) is 34.8 Å². The van der Waals surface area contributed by atoms with E-state index in [2.05, 4.69) is 4.74 Å². The highest BCUT2D eigenvalue weighted by Gasteiger charge is 2.29. The number of cyclic esters (lactones) is 2. The van der Waals surface area contributed by atoms with Crippen LogP contribution in [0, 0.1) is 0 Å². The lowest BCUT2D eigenvalue weighted by Gasteiger charge is -2.22. The van der Waals surface area contributed by atoms with Crippen molar-refractivity contribution in [3.63, 3.8) is 0 Å². The molecule has 2 aromatic rings. The summed E-state index contributed by atoms with van der Waals surface area (Å²) in [7, 11) is 0. The molecule has 6 nitrogen and oxygen atoms in total. The number of hydrogen-bond donors (Lipinski definition) is 3. The second-order valence-corrected chi connectivity index (χ2v) is 5.20. The van der Waals surface area contributed by atoms with Gasteiger partial charge in [0.1, 0.15) is 6.10 Å². The number of nitrogens with two attached hydrogens (primary N) is 1. The predicted octanol–water partition coefficient (Wildman–Crippen LogP) is 0.894. The summed E-state index contributed by atoms with van der Waals surface area (Å²) in [6, 6.07) is 7.95. The van der Waals surface area contributed by atoms with Gasteiger partial charge in [-0.25, -0.2) is 9.59 Å². The molecule has 0 radical (unpaired) electrons. The maximum atomic E-state index is 11.8. The fourth-order valence-corrected chi connectivity index (χ4v) is 2.76. The highest BCUT2D eigenvalue weighted by atomic mass is 16.6. The lowest BCUT2D eigenvalue weighted by Crippen LogP contribution is -2.23. The molecule has 0 aromatic heterocycles. The molecule has 1 heterocycles. The highest BCUT2D eigenvalue weighted by Crippen LogP contribution is 2.34. The third-order valence-electron chi connectivity index (χ3n) is 3.85. The summed E-state index contributed by atoms with van der Waals surface area (Å²) < 4.78 is 4.68. The van der Waals surface area contributed by atoms with Crippen LogP contribution in [0.1, 0.15) is 38.8 Å². The monoisotopic (exact) mass is 301 g/mol. The molecule has 2 aromatic carbocycles. The van der Waals surface area contributed by atoms with Crippen LogP contribution in [0.2, 0.25) is 0 Å². The largest absolute Gasteiger partial charge is 0.390 e. The molecule has 114 valence electrons. The molecule has 0 fully saturated rings. The molecule has 1 aliphatic rings. The molecule has 0 bridgehead atoms. The number of aliphatic hydroxyl groups is 2. The maximum Gasteiger partial charge on any atom is 0.346 e. The van der Waals surface area contributed by atoms with Gasteiger partial charge in [-0.1, -0.05) is 18.2 Å². The number of carbonyl (C=O) groups excluding carboxylic acids is 2. The van der Waals surface area contributed by atoms with Gasteiger partial charge in [0.25, 0.3) is 0 Å². The van der Waals surface area contributed by atoms with Crippen LogP contribution in [0.25, 0.3) is 10.8 Å². The number of esters is 2. The Balaban J connectivity index is 2.22. The van der Waals surface area contributed by atoms with Crippen molar-refractivity contribution in [2.24, 2.45) is 5.73 Å². The zero-order chi connectivity index (χ0) is 15.9. The maximum absolute atomic E-state index is 11.8. The molecule has 0 amide bonds. The van der Waals surface area contributed by atoms with Crippen LogP contribution in [-0.2, 0) is 4.74 Å². The third-order valence-corrected chi connectivity index (χ3v) is 3.85. The van der Waals surface area contributed by atoms with Crippen LogP contribution >= 0.6 is 0 Å². The van der Waals surface area contributed by atoms with Gasteiger partial charge in [-0.05, 0) is 36.0 Å². The Hall–Kier alpha value is -2.28. The van der Waals surface area contributed by atoms with Gasteiger partial charge in [-0.3, -0.25) is 0 Å². The first-order valence-corrected chi connectivity index (χ1v) is 6.93. The van der Waals surface area contributed by atoms with Crippen LogP contribution in [0.4, 0.5) is 0 Å². The molecule has 6 heteroatoms. The summed E-state index contributed by atoms with van der Waals surface area (Å²) in [5.74, 6) is -1.42. The molecule has 0 aliphatic carbocycles. The van der Waals surface area contributed by atoms with E-state index in [9.17, 15) is 19.8 Å². The van der Waals surface area contributed by atoms with Crippen molar-refractivity contribution in [2.75, 3.05) is 6.54 Å². The van der Waals surface area contributed by atoms with E-state index in [1.165, 1.54) is 6.07 Å². The van der Waals surface area contributed by atoms with Gasteiger partial charge in [-0.2, -0.15) is 0 Å². The number of rotatable bonds is 4. The summed E-state index contributed by atoms with van der Waals surface area (Å²) >= 11 is 0. The minimum absolute atomic E-state index is 0.240. The lowest BCUT2D eigenvalue weighted by molar-refractivity contribution is 0.0158. The van der Waals surface area contributed by atoms with Crippen molar-refractivity contribution in [1.29, 1.82) is 0 Å². The summed E-state index contributed by atoms with van der Waals surface area (Å²) in [4.78, 5) is 23.7. The second kappa shape index (κ2) is 5.49. The summed E-state index contributed by atoms with van der Waals surface area (Å²) in [5, 5.41) is 21.3. The van der Waals surface area contributed by atoms with Crippen molar-refractivity contribution >= 4 is 22.7 Å². The Labute approximate surface area is 126 Å². The van der Waals surface area contributed by atoms with Gasteiger partial charge in [0.15, 0.2) is 0 Å². The highest BCUT2D eigenvalue weighted by molar-refractivity contribution is 6.21. The number of carbonyl (C=O) groups is 2. The zero-order valence-corrected chi connectivity index (χ0v) is 11.7. The van der Waals surface area contributed by atoms with Crippen molar-refractivity contribution in [3.8, 4) is 0 Å². The average Bonchev–Trinajstić information content (AvgIpc) is 2.51. The summed E-state index contributed by atoms with van der Waals surface area (Å²) in [5.41, 5.74) is 6.39. The number of benzene rings is 2. The molecular formula is C16H15NO5. The molecule has 22 heavy (non-hydrogen) atoms. The minimum Gasteiger partial charge on any atom is -0.390 e. The SMILES string of the molecule is NCCC(O)C(O)c1ccc2c3c(cccc13)C(=O)OC2=O. The quantitative estimate of drug-likeness (QED) is 0.571. The topological polar surface area (TPSA) is 110 Å². The van der Waals surface area contributed by atoms with Crippen LogP contribution in [0.3, 0.4) is 0 Å². The zero-order valence-electron chi connectivity index (χ0n) is 11.7. The first kappa shape index (κ1) is 14.6. The van der Waals surface area contributed by atoms with Gasteiger partial charge in [-0.15, -0.1) is 0 Å². The van der Waals surface area contributed by atoms with Crippen molar-refractivity contribution < 1.29 is 24.5 Å². The Morgan fingerprint density at radius 1 is 1.05 bits per heavy atom. The van der Waals surface area contributed by atoms with E-state index < -0.39 is 24.1 Å². The van der Waals surface area contributed by atoms with Gasteiger partial charge >= 0.3 is 11.9 Å². The van der Waals surface area contributed by atoms with E-state index in [-0.39, 0.29) is 24.1 Å². The smallest absolute Gasteiger partial charge is 0.346 e. The first-order chi connectivity index (χ1) is 10.5. The lowest BCUT2D eigenvalue weighted by atomic mass is 9.90. The molecule has 1 aliphatic heterocycles. The Morgan fingerprint density at radius 3 is 2.41 bits per heavy atom. The van der Waals surface area contributed by atoms with E-state index >= 15 is 0 Å². The Morgan fingerprint density at radius 2 is 1.73 bits per heavy atom. The van der Waals surface area contributed by atoms with Gasteiger partial charge in [0.05, 0.1) is 17.2 Å². The molecule has 2 atom stereocenters. The van der Waals surface area contributed by atoms with Crippen molar-refractivity contribution in [2.45, 2.75) is 18.6 Å². The predicted molar refractivity (Wildman–Crippen MR) is 78.3 cm³/mol. The van der Waals surface area contributed by atoms with Gasteiger partial charge in [0, 0.05) is 5.39 Å². The Kier molecular flexibility index (Phi) is 3.66. The molecule has 2 unspecified atom stereocenters. The standard InChI is InChI=1S/C16H15NO5/c17-7-6-12(18)14(19)9-4-5-11-13-8(9)2-1-3-10(13)15(20)22-16(11)21/h1-5,12,14,18-19H,6-7,17H2. The molecule has 0 spiro atoms. The van der Waals surface area contributed by atoms with Crippen LogP contribution in [0.5, 0.6) is 0 Å². The van der Waals surface area contributed by atoms with Crippen molar-refractivity contribution in [3.05, 3.63) is 47.0 Å². The van der Waals surface area contributed by atoms with E-state index in [1.54, 1.807) is 24.3 Å². The van der Waals surface area contributed by atoms with Crippen molar-refractivity contribution in [1.82, 2.24) is 0 Å². The minimum atomic E-state index is -1.15.